The molecule has 0 aliphatic heterocycles. The molecule has 0 amide bonds. The van der Waals surface area contributed by atoms with E-state index in [-0.39, 0.29) is 0 Å². The van der Waals surface area contributed by atoms with Gasteiger partial charge in [-0.15, -0.1) is 0 Å². The Morgan fingerprint density at radius 1 is 0.895 bits per heavy atom. The number of nitrogens with two attached hydrogens (primary N) is 1. The second kappa shape index (κ2) is 4.90. The third-order valence-corrected chi connectivity index (χ3v) is 2.98. The van der Waals surface area contributed by atoms with E-state index >= 15 is 0 Å². The molecule has 0 radical (unpaired) electrons. The normalized spacial score (nSPS) is 11.7. The predicted octanol–water partition coefficient (Wildman–Crippen LogP) is 3.27. The van der Waals surface area contributed by atoms with Crippen molar-refractivity contribution in [3.63, 3.8) is 0 Å². The van der Waals surface area contributed by atoms with Crippen molar-refractivity contribution in [1.29, 1.82) is 0 Å². The Morgan fingerprint density at radius 3 is 2.47 bits per heavy atom. The lowest BCUT2D eigenvalue weighted by atomic mass is 10.1. The summed E-state index contributed by atoms with van der Waals surface area (Å²) >= 11 is 0. The smallest absolute Gasteiger partial charge is 0.131 e. The molecule has 0 aliphatic carbocycles. The number of hydrogen-bond acceptors (Lipinski definition) is 2. The summed E-state index contributed by atoms with van der Waals surface area (Å²) in [5.41, 5.74) is 7.80. The third-order valence-electron chi connectivity index (χ3n) is 2.98. The van der Waals surface area contributed by atoms with Crippen molar-refractivity contribution in [2.45, 2.75) is 0 Å². The largest absolute Gasteiger partial charge is 0.383 e. The second-order valence-corrected chi connectivity index (χ2v) is 4.23. The second-order valence-electron chi connectivity index (χ2n) is 4.23. The average Bonchev–Trinajstić information content (AvgIpc) is 2.48. The number of hydrogen-bond donors (Lipinski definition) is 1. The molecule has 3 nitrogen and oxygen atoms in total. The van der Waals surface area contributed by atoms with Gasteiger partial charge in [-0.2, -0.15) is 0 Å². The number of pyridine rings is 1. The van der Waals surface area contributed by atoms with E-state index in [0.29, 0.717) is 5.84 Å². The molecule has 0 fully saturated rings. The summed E-state index contributed by atoms with van der Waals surface area (Å²) in [6, 6.07) is 17.9. The molecule has 1 heterocycles. The van der Waals surface area contributed by atoms with E-state index in [4.69, 9.17) is 5.73 Å². The summed E-state index contributed by atoms with van der Waals surface area (Å²) in [4.78, 5) is 8.50. The number of nitrogens with zero attached hydrogens (tertiary/aromatic N) is 2. The first-order valence-corrected chi connectivity index (χ1v) is 6.07. The summed E-state index contributed by atoms with van der Waals surface area (Å²) in [5.74, 6) is 0.499. The fraction of sp³-hybridized carbons (Fsp3) is 0. The Hall–Kier alpha value is -2.68. The van der Waals surface area contributed by atoms with Gasteiger partial charge >= 0.3 is 0 Å². The van der Waals surface area contributed by atoms with Crippen LogP contribution in [0.3, 0.4) is 0 Å². The highest BCUT2D eigenvalue weighted by Gasteiger charge is 2.01. The van der Waals surface area contributed by atoms with Crippen LogP contribution >= 0.6 is 0 Å². The maximum atomic E-state index is 6.04. The van der Waals surface area contributed by atoms with Gasteiger partial charge in [-0.1, -0.05) is 36.4 Å². The maximum Gasteiger partial charge on any atom is 0.131 e. The van der Waals surface area contributed by atoms with E-state index in [1.165, 1.54) is 0 Å². The minimum absolute atomic E-state index is 0.499. The van der Waals surface area contributed by atoms with Crippen LogP contribution in [0.4, 0.5) is 5.69 Å². The summed E-state index contributed by atoms with van der Waals surface area (Å²) < 4.78 is 0. The van der Waals surface area contributed by atoms with Crippen molar-refractivity contribution in [1.82, 2.24) is 4.98 Å². The Labute approximate surface area is 111 Å². The van der Waals surface area contributed by atoms with E-state index in [9.17, 15) is 0 Å². The fourth-order valence-electron chi connectivity index (χ4n) is 2.02. The Morgan fingerprint density at radius 2 is 1.63 bits per heavy atom. The van der Waals surface area contributed by atoms with Gasteiger partial charge in [-0.3, -0.25) is 4.98 Å². The van der Waals surface area contributed by atoms with Crippen molar-refractivity contribution in [2.75, 3.05) is 0 Å². The highest BCUT2D eigenvalue weighted by atomic mass is 14.9. The summed E-state index contributed by atoms with van der Waals surface area (Å²) in [6.45, 7) is 0. The molecule has 2 N–H and O–H groups in total. The molecule has 0 atom stereocenters. The lowest BCUT2D eigenvalue weighted by molar-refractivity contribution is 1.31. The number of aliphatic imine (C=N–C) groups is 1. The minimum Gasteiger partial charge on any atom is -0.383 e. The molecule has 0 unspecified atom stereocenters. The molecule has 3 heteroatoms. The monoisotopic (exact) mass is 247 g/mol. The fourth-order valence-corrected chi connectivity index (χ4v) is 2.02. The molecule has 92 valence electrons. The van der Waals surface area contributed by atoms with Gasteiger partial charge in [0.25, 0.3) is 0 Å². The Bertz CT molecular complexity index is 728. The summed E-state index contributed by atoms with van der Waals surface area (Å²) in [5, 5.41) is 2.26. The average molecular weight is 247 g/mol. The van der Waals surface area contributed by atoms with Crippen molar-refractivity contribution < 1.29 is 0 Å². The zero-order valence-corrected chi connectivity index (χ0v) is 10.3. The molecule has 3 aromatic rings. The van der Waals surface area contributed by atoms with E-state index in [0.717, 1.165) is 22.0 Å². The van der Waals surface area contributed by atoms with Gasteiger partial charge in [0.15, 0.2) is 0 Å². The molecule has 0 bridgehead atoms. The van der Waals surface area contributed by atoms with Gasteiger partial charge in [-0.25, -0.2) is 4.99 Å². The lowest BCUT2D eigenvalue weighted by Crippen LogP contribution is -2.12. The molecule has 0 aliphatic rings. The minimum atomic E-state index is 0.499. The first kappa shape index (κ1) is 11.4. The Balaban J connectivity index is 2.11. The standard InChI is InChI=1S/C16H13N3/c17-16(13-8-10-18-11-9-13)19-15-7-3-5-12-4-1-2-6-14(12)15/h1-11H,(H2,17,19). The number of fused-ring (bicyclic) bond motifs is 1. The Kier molecular flexibility index (Phi) is 2.94. The number of benzene rings is 2. The van der Waals surface area contributed by atoms with Crippen LogP contribution in [0.15, 0.2) is 72.0 Å². The van der Waals surface area contributed by atoms with Gasteiger partial charge in [0.05, 0.1) is 5.69 Å². The van der Waals surface area contributed by atoms with Crippen molar-refractivity contribution in [3.8, 4) is 0 Å². The maximum absolute atomic E-state index is 6.04. The van der Waals surface area contributed by atoms with Crippen LogP contribution in [0.5, 0.6) is 0 Å². The number of aromatic nitrogens is 1. The van der Waals surface area contributed by atoms with Crippen molar-refractivity contribution in [2.24, 2.45) is 10.7 Å². The molecule has 2 aromatic carbocycles. The van der Waals surface area contributed by atoms with E-state index in [1.54, 1.807) is 12.4 Å². The third kappa shape index (κ3) is 2.31. The van der Waals surface area contributed by atoms with Gasteiger partial charge in [-0.05, 0) is 23.6 Å². The first-order valence-electron chi connectivity index (χ1n) is 6.07. The van der Waals surface area contributed by atoms with Gasteiger partial charge < -0.3 is 5.73 Å². The number of rotatable bonds is 2. The van der Waals surface area contributed by atoms with Crippen LogP contribution in [-0.2, 0) is 0 Å². The van der Waals surface area contributed by atoms with Crippen LogP contribution in [-0.4, -0.2) is 10.8 Å². The lowest BCUT2D eigenvalue weighted by Gasteiger charge is -2.04. The molecular formula is C16H13N3. The van der Waals surface area contributed by atoms with Crippen LogP contribution in [0.1, 0.15) is 5.56 Å². The molecular weight excluding hydrogens is 234 g/mol. The highest BCUT2D eigenvalue weighted by molar-refractivity contribution is 6.02. The van der Waals surface area contributed by atoms with Gasteiger partial charge in [0.1, 0.15) is 5.84 Å². The van der Waals surface area contributed by atoms with E-state index in [2.05, 4.69) is 22.1 Å². The van der Waals surface area contributed by atoms with Crippen LogP contribution in [0, 0.1) is 0 Å². The van der Waals surface area contributed by atoms with Gasteiger partial charge in [0.2, 0.25) is 0 Å². The summed E-state index contributed by atoms with van der Waals surface area (Å²) in [6.07, 6.45) is 3.42. The molecule has 0 saturated carbocycles. The SMILES string of the molecule is NC(=Nc1cccc2ccccc12)c1ccncc1. The van der Waals surface area contributed by atoms with Gasteiger partial charge in [0, 0.05) is 23.3 Å². The van der Waals surface area contributed by atoms with Crippen LogP contribution in [0.2, 0.25) is 0 Å². The zero-order chi connectivity index (χ0) is 13.1. The topological polar surface area (TPSA) is 51.3 Å². The first-order chi connectivity index (χ1) is 9.34. The van der Waals surface area contributed by atoms with Crippen molar-refractivity contribution >= 4 is 22.3 Å². The quantitative estimate of drug-likeness (QED) is 0.558. The molecule has 1 aromatic heterocycles. The number of amidine groups is 1. The predicted molar refractivity (Wildman–Crippen MR) is 78.6 cm³/mol. The summed E-state index contributed by atoms with van der Waals surface area (Å²) in [7, 11) is 0. The van der Waals surface area contributed by atoms with Crippen LogP contribution < -0.4 is 5.73 Å². The molecule has 19 heavy (non-hydrogen) atoms. The zero-order valence-electron chi connectivity index (χ0n) is 10.3. The van der Waals surface area contributed by atoms with Crippen molar-refractivity contribution in [3.05, 3.63) is 72.6 Å². The molecule has 3 rings (SSSR count). The van der Waals surface area contributed by atoms with E-state index < -0.39 is 0 Å². The molecule has 0 saturated heterocycles. The van der Waals surface area contributed by atoms with E-state index in [1.807, 2.05) is 42.5 Å². The van der Waals surface area contributed by atoms with Crippen LogP contribution in [0.25, 0.3) is 10.8 Å². The molecule has 0 spiro atoms. The highest BCUT2D eigenvalue weighted by Crippen LogP contribution is 2.25.